The maximum atomic E-state index is 12.7. The van der Waals surface area contributed by atoms with E-state index in [9.17, 15) is 4.79 Å². The number of nitrogens with zero attached hydrogens (tertiary/aromatic N) is 1. The van der Waals surface area contributed by atoms with Crippen LogP contribution in [0.15, 0.2) is 60.8 Å². The zero-order chi connectivity index (χ0) is 17.8. The minimum atomic E-state index is 0.188. The maximum Gasteiger partial charge on any atom is 0.227 e. The molecule has 0 spiro atoms. The number of benzene rings is 2. The van der Waals surface area contributed by atoms with Crippen LogP contribution in [0.3, 0.4) is 0 Å². The Bertz CT molecular complexity index is 872. The van der Waals surface area contributed by atoms with Crippen molar-refractivity contribution in [3.05, 3.63) is 71.9 Å². The largest absolute Gasteiger partial charge is 0.379 e. The number of hydrogen-bond acceptors (Lipinski definition) is 2. The predicted octanol–water partition coefficient (Wildman–Crippen LogP) is 3.43. The van der Waals surface area contributed by atoms with Crippen molar-refractivity contribution in [3.63, 3.8) is 0 Å². The van der Waals surface area contributed by atoms with Crippen molar-refractivity contribution in [1.82, 2.24) is 9.88 Å². The summed E-state index contributed by atoms with van der Waals surface area (Å²) in [6, 6.07) is 18.6. The van der Waals surface area contributed by atoms with Gasteiger partial charge in [0.2, 0.25) is 5.91 Å². The summed E-state index contributed by atoms with van der Waals surface area (Å²) in [4.78, 5) is 17.9. The SMILES string of the molecule is O=C(Cc1ccccc1)N1CCOC[C@@H](Cc2ccc3[nH]ccc3c2)C1. The quantitative estimate of drug-likeness (QED) is 0.785. The standard InChI is InChI=1S/C22H24N2O2/c25-22(14-17-4-2-1-3-5-17)24-10-11-26-16-19(15-24)12-18-6-7-21-20(13-18)8-9-23-21/h1-9,13,19,23H,10-12,14-16H2/t19-/m0/s1. The van der Waals surface area contributed by atoms with Crippen LogP contribution in [0.2, 0.25) is 0 Å². The summed E-state index contributed by atoms with van der Waals surface area (Å²) in [5.74, 6) is 0.515. The third-order valence-corrected chi connectivity index (χ3v) is 5.03. The lowest BCUT2D eigenvalue weighted by Crippen LogP contribution is -2.37. The Morgan fingerprint density at radius 3 is 2.88 bits per heavy atom. The molecule has 2 aromatic carbocycles. The molecule has 1 amide bonds. The van der Waals surface area contributed by atoms with Crippen molar-refractivity contribution in [2.24, 2.45) is 5.92 Å². The maximum absolute atomic E-state index is 12.7. The fourth-order valence-electron chi connectivity index (χ4n) is 3.68. The van der Waals surface area contributed by atoms with E-state index < -0.39 is 0 Å². The fraction of sp³-hybridized carbons (Fsp3) is 0.318. The van der Waals surface area contributed by atoms with Crippen LogP contribution in [0.4, 0.5) is 0 Å². The molecule has 3 aromatic rings. The van der Waals surface area contributed by atoms with Crippen molar-refractivity contribution in [3.8, 4) is 0 Å². The summed E-state index contributed by atoms with van der Waals surface area (Å²) < 4.78 is 5.78. The number of carbonyl (C=O) groups is 1. The lowest BCUT2D eigenvalue weighted by Gasteiger charge is -2.24. The van der Waals surface area contributed by atoms with E-state index in [1.165, 1.54) is 10.9 Å². The van der Waals surface area contributed by atoms with Crippen LogP contribution in [0, 0.1) is 5.92 Å². The van der Waals surface area contributed by atoms with Crippen LogP contribution in [0.1, 0.15) is 11.1 Å². The number of carbonyl (C=O) groups excluding carboxylic acids is 1. The Hall–Kier alpha value is -2.59. The summed E-state index contributed by atoms with van der Waals surface area (Å²) in [5.41, 5.74) is 3.52. The highest BCUT2D eigenvalue weighted by Crippen LogP contribution is 2.19. The molecule has 0 aliphatic carbocycles. The highest BCUT2D eigenvalue weighted by molar-refractivity contribution is 5.80. The van der Waals surface area contributed by atoms with Crippen LogP contribution >= 0.6 is 0 Å². The first-order valence-electron chi connectivity index (χ1n) is 9.23. The number of fused-ring (bicyclic) bond motifs is 1. The van der Waals surface area contributed by atoms with Crippen molar-refractivity contribution < 1.29 is 9.53 Å². The van der Waals surface area contributed by atoms with E-state index in [1.807, 2.05) is 41.4 Å². The molecule has 0 bridgehead atoms. The molecule has 4 rings (SSSR count). The van der Waals surface area contributed by atoms with Crippen LogP contribution in [-0.4, -0.2) is 42.1 Å². The van der Waals surface area contributed by atoms with Crippen LogP contribution < -0.4 is 0 Å². The van der Waals surface area contributed by atoms with E-state index >= 15 is 0 Å². The first kappa shape index (κ1) is 16.9. The number of hydrogen-bond donors (Lipinski definition) is 1. The molecule has 1 N–H and O–H groups in total. The number of nitrogens with one attached hydrogen (secondary N) is 1. The Kier molecular flexibility index (Phi) is 5.02. The van der Waals surface area contributed by atoms with Crippen LogP contribution in [0.25, 0.3) is 10.9 Å². The smallest absolute Gasteiger partial charge is 0.227 e. The third kappa shape index (κ3) is 3.97. The lowest BCUT2D eigenvalue weighted by molar-refractivity contribution is -0.130. The van der Waals surface area contributed by atoms with Gasteiger partial charge in [0.15, 0.2) is 0 Å². The molecule has 1 fully saturated rings. The molecule has 1 aliphatic heterocycles. The topological polar surface area (TPSA) is 45.3 Å². The van der Waals surface area contributed by atoms with Crippen LogP contribution in [0.5, 0.6) is 0 Å². The average Bonchev–Trinajstić information content (AvgIpc) is 3.00. The molecule has 1 aliphatic rings. The molecular formula is C22H24N2O2. The van der Waals surface area contributed by atoms with E-state index in [2.05, 4.69) is 29.2 Å². The second-order valence-corrected chi connectivity index (χ2v) is 7.05. The normalized spacial score (nSPS) is 18.0. The molecule has 4 nitrogen and oxygen atoms in total. The molecule has 134 valence electrons. The molecule has 1 atom stereocenters. The molecular weight excluding hydrogens is 324 g/mol. The van der Waals surface area contributed by atoms with Gasteiger partial charge in [-0.2, -0.15) is 0 Å². The number of aromatic amines is 1. The Morgan fingerprint density at radius 1 is 1.12 bits per heavy atom. The predicted molar refractivity (Wildman–Crippen MR) is 103 cm³/mol. The third-order valence-electron chi connectivity index (χ3n) is 5.03. The zero-order valence-electron chi connectivity index (χ0n) is 14.9. The fourth-order valence-corrected chi connectivity index (χ4v) is 3.68. The van der Waals surface area contributed by atoms with E-state index in [0.717, 1.165) is 24.0 Å². The van der Waals surface area contributed by atoms with Gasteiger partial charge in [0, 0.05) is 30.7 Å². The van der Waals surface area contributed by atoms with Gasteiger partial charge in [0.05, 0.1) is 19.6 Å². The highest BCUT2D eigenvalue weighted by atomic mass is 16.5. The van der Waals surface area contributed by atoms with E-state index in [4.69, 9.17) is 4.74 Å². The number of aromatic nitrogens is 1. The summed E-state index contributed by atoms with van der Waals surface area (Å²) in [7, 11) is 0. The minimum Gasteiger partial charge on any atom is -0.379 e. The van der Waals surface area contributed by atoms with Gasteiger partial charge < -0.3 is 14.6 Å². The van der Waals surface area contributed by atoms with Gasteiger partial charge in [0.25, 0.3) is 0 Å². The summed E-state index contributed by atoms with van der Waals surface area (Å²) >= 11 is 0. The van der Waals surface area contributed by atoms with Gasteiger partial charge in [-0.25, -0.2) is 0 Å². The van der Waals surface area contributed by atoms with Crippen molar-refractivity contribution >= 4 is 16.8 Å². The Labute approximate surface area is 153 Å². The summed E-state index contributed by atoms with van der Waals surface area (Å²) in [6.07, 6.45) is 3.35. The van der Waals surface area contributed by atoms with Gasteiger partial charge in [-0.05, 0) is 41.1 Å². The van der Waals surface area contributed by atoms with Crippen LogP contribution in [-0.2, 0) is 22.4 Å². The molecule has 4 heteroatoms. The van der Waals surface area contributed by atoms with Crippen molar-refractivity contribution in [2.75, 3.05) is 26.3 Å². The van der Waals surface area contributed by atoms with Gasteiger partial charge in [-0.15, -0.1) is 0 Å². The lowest BCUT2D eigenvalue weighted by atomic mass is 9.98. The molecule has 1 aromatic heterocycles. The summed E-state index contributed by atoms with van der Waals surface area (Å²) in [6.45, 7) is 2.77. The average molecular weight is 348 g/mol. The Balaban J connectivity index is 1.42. The molecule has 2 heterocycles. The molecule has 0 radical (unpaired) electrons. The van der Waals surface area contributed by atoms with Gasteiger partial charge in [0.1, 0.15) is 0 Å². The first-order valence-corrected chi connectivity index (χ1v) is 9.23. The second kappa shape index (κ2) is 7.75. The highest BCUT2D eigenvalue weighted by Gasteiger charge is 2.23. The number of rotatable bonds is 4. The van der Waals surface area contributed by atoms with E-state index in [1.54, 1.807) is 0 Å². The molecule has 26 heavy (non-hydrogen) atoms. The molecule has 0 saturated carbocycles. The monoisotopic (exact) mass is 348 g/mol. The van der Waals surface area contributed by atoms with Crippen molar-refractivity contribution in [2.45, 2.75) is 12.8 Å². The minimum absolute atomic E-state index is 0.188. The zero-order valence-corrected chi connectivity index (χ0v) is 14.9. The van der Waals surface area contributed by atoms with Gasteiger partial charge in [-0.1, -0.05) is 36.4 Å². The van der Waals surface area contributed by atoms with Crippen molar-refractivity contribution in [1.29, 1.82) is 0 Å². The van der Waals surface area contributed by atoms with E-state index in [-0.39, 0.29) is 5.91 Å². The number of ether oxygens (including phenoxy) is 1. The second-order valence-electron chi connectivity index (χ2n) is 7.05. The van der Waals surface area contributed by atoms with E-state index in [0.29, 0.717) is 32.1 Å². The van der Waals surface area contributed by atoms with Gasteiger partial charge >= 0.3 is 0 Å². The number of amides is 1. The molecule has 1 saturated heterocycles. The van der Waals surface area contributed by atoms with Gasteiger partial charge in [-0.3, -0.25) is 4.79 Å². The molecule has 0 unspecified atom stereocenters. The first-order chi connectivity index (χ1) is 12.8. The summed E-state index contributed by atoms with van der Waals surface area (Å²) in [5, 5.41) is 1.23. The Morgan fingerprint density at radius 2 is 2.00 bits per heavy atom. The number of H-pyrrole nitrogens is 1.